The van der Waals surface area contributed by atoms with Gasteiger partial charge in [-0.25, -0.2) is 0 Å². The number of nitrogens with one attached hydrogen (secondary N) is 1. The van der Waals surface area contributed by atoms with Crippen LogP contribution in [-0.4, -0.2) is 23.6 Å². The molecule has 2 aromatic heterocycles. The second-order valence-electron chi connectivity index (χ2n) is 3.82. The number of nitrogens with zero attached hydrogens (tertiary/aromatic N) is 1. The fourth-order valence-corrected chi connectivity index (χ4v) is 2.51. The van der Waals surface area contributed by atoms with Gasteiger partial charge in [-0.3, -0.25) is 9.78 Å². The minimum absolute atomic E-state index is 0.191. The third kappa shape index (κ3) is 3.14. The number of fused-ring (bicyclic) bond motifs is 1. The van der Waals surface area contributed by atoms with Crippen LogP contribution < -0.4 is 11.1 Å². The molecule has 0 atom stereocenters. The number of pyridine rings is 1. The number of anilines is 1. The maximum atomic E-state index is 12.0. The van der Waals surface area contributed by atoms with Crippen molar-refractivity contribution >= 4 is 33.1 Å². The normalized spacial score (nSPS) is 11.7. The first-order valence-corrected chi connectivity index (χ1v) is 6.18. The first kappa shape index (κ1) is 13.6. The number of hydrogen-bond acceptors (Lipinski definition) is 4. The number of amides is 1. The third-order valence-electron chi connectivity index (χ3n) is 2.38. The number of halogens is 3. The molecule has 0 unspecified atom stereocenters. The first-order valence-electron chi connectivity index (χ1n) is 5.36. The van der Waals surface area contributed by atoms with Crippen molar-refractivity contribution in [2.45, 2.75) is 12.6 Å². The summed E-state index contributed by atoms with van der Waals surface area (Å²) in [6.45, 7) is -0.469. The third-order valence-corrected chi connectivity index (χ3v) is 3.54. The van der Waals surface area contributed by atoms with E-state index in [1.165, 1.54) is 6.20 Å². The van der Waals surface area contributed by atoms with Gasteiger partial charge < -0.3 is 11.1 Å². The molecular weight excluding hydrogens is 279 g/mol. The molecule has 0 saturated carbocycles. The largest absolute Gasteiger partial charge is 0.396 e. The van der Waals surface area contributed by atoms with Gasteiger partial charge in [0.15, 0.2) is 0 Å². The van der Waals surface area contributed by atoms with Gasteiger partial charge in [-0.1, -0.05) is 0 Å². The Hall–Kier alpha value is -1.83. The van der Waals surface area contributed by atoms with Gasteiger partial charge in [0.1, 0.15) is 10.4 Å². The van der Waals surface area contributed by atoms with Crippen molar-refractivity contribution in [1.29, 1.82) is 0 Å². The predicted octanol–water partition coefficient (Wildman–Crippen LogP) is 2.56. The summed E-state index contributed by atoms with van der Waals surface area (Å²) < 4.78 is 36.6. The van der Waals surface area contributed by atoms with Gasteiger partial charge in [0.25, 0.3) is 5.91 Å². The molecular formula is C11H10F3N3OS. The van der Waals surface area contributed by atoms with E-state index in [2.05, 4.69) is 10.3 Å². The zero-order chi connectivity index (χ0) is 14.0. The molecule has 0 radical (unpaired) electrons. The van der Waals surface area contributed by atoms with Crippen LogP contribution in [0.15, 0.2) is 18.3 Å². The molecule has 19 heavy (non-hydrogen) atoms. The van der Waals surface area contributed by atoms with Crippen molar-refractivity contribution in [3.63, 3.8) is 0 Å². The Balaban J connectivity index is 2.11. The predicted molar refractivity (Wildman–Crippen MR) is 67.0 cm³/mol. The number of aromatic nitrogens is 1. The van der Waals surface area contributed by atoms with Crippen LogP contribution in [0.4, 0.5) is 18.9 Å². The van der Waals surface area contributed by atoms with E-state index in [-0.39, 0.29) is 10.6 Å². The summed E-state index contributed by atoms with van der Waals surface area (Å²) in [4.78, 5) is 16.0. The van der Waals surface area contributed by atoms with Crippen molar-refractivity contribution in [2.75, 3.05) is 12.3 Å². The maximum Gasteiger partial charge on any atom is 0.390 e. The van der Waals surface area contributed by atoms with Crippen molar-refractivity contribution < 1.29 is 18.0 Å². The molecule has 0 aliphatic heterocycles. The Labute approximate surface area is 110 Å². The second kappa shape index (κ2) is 5.04. The maximum absolute atomic E-state index is 12.0. The van der Waals surface area contributed by atoms with Gasteiger partial charge in [-0.05, 0) is 12.1 Å². The Kier molecular flexibility index (Phi) is 3.61. The van der Waals surface area contributed by atoms with E-state index in [9.17, 15) is 18.0 Å². The van der Waals surface area contributed by atoms with E-state index in [1.807, 2.05) is 0 Å². The van der Waals surface area contributed by atoms with Crippen LogP contribution >= 0.6 is 11.3 Å². The minimum Gasteiger partial charge on any atom is -0.396 e. The van der Waals surface area contributed by atoms with Gasteiger partial charge in [0, 0.05) is 12.7 Å². The highest BCUT2D eigenvalue weighted by atomic mass is 32.1. The number of carbonyl (C=O) groups is 1. The fourth-order valence-electron chi connectivity index (χ4n) is 1.51. The van der Waals surface area contributed by atoms with E-state index in [0.29, 0.717) is 5.52 Å². The van der Waals surface area contributed by atoms with Crippen LogP contribution in [0, 0.1) is 0 Å². The molecule has 0 fully saturated rings. The fraction of sp³-hybridized carbons (Fsp3) is 0.273. The molecule has 4 nitrogen and oxygen atoms in total. The summed E-state index contributed by atoms with van der Waals surface area (Å²) in [5.74, 6) is -0.607. The summed E-state index contributed by atoms with van der Waals surface area (Å²) >= 11 is 1.11. The molecule has 0 spiro atoms. The molecule has 0 aliphatic rings. The highest BCUT2D eigenvalue weighted by Crippen LogP contribution is 2.31. The van der Waals surface area contributed by atoms with Crippen molar-refractivity contribution in [3.05, 3.63) is 23.2 Å². The van der Waals surface area contributed by atoms with Crippen LogP contribution in [0.25, 0.3) is 10.2 Å². The molecule has 2 heterocycles. The lowest BCUT2D eigenvalue weighted by Gasteiger charge is -2.07. The average molecular weight is 289 g/mol. The number of nitrogen functional groups attached to an aromatic ring is 1. The van der Waals surface area contributed by atoms with E-state index in [1.54, 1.807) is 12.1 Å². The van der Waals surface area contributed by atoms with Crippen molar-refractivity contribution in [3.8, 4) is 0 Å². The molecule has 2 rings (SSSR count). The number of nitrogens with two attached hydrogens (primary N) is 1. The highest BCUT2D eigenvalue weighted by Gasteiger charge is 2.27. The van der Waals surface area contributed by atoms with Gasteiger partial charge in [0.2, 0.25) is 0 Å². The monoisotopic (exact) mass is 289 g/mol. The molecule has 8 heteroatoms. The summed E-state index contributed by atoms with van der Waals surface area (Å²) in [5, 5.41) is 2.20. The van der Waals surface area contributed by atoms with Gasteiger partial charge in [0.05, 0.1) is 16.8 Å². The summed E-state index contributed by atoms with van der Waals surface area (Å²) in [5.41, 5.74) is 6.46. The molecule has 0 aliphatic carbocycles. The standard InChI is InChI=1S/C11H10F3N3OS/c12-11(13,14)3-5-17-10(18)9-7(15)8-6(19-9)2-1-4-16-8/h1-2,4H,3,5,15H2,(H,17,18). The summed E-state index contributed by atoms with van der Waals surface area (Å²) in [6.07, 6.45) is -3.82. The number of thiophene rings is 1. The molecule has 1 amide bonds. The Bertz CT molecular complexity index is 609. The highest BCUT2D eigenvalue weighted by molar-refractivity contribution is 7.21. The first-order chi connectivity index (χ1) is 8.88. The topological polar surface area (TPSA) is 68.0 Å². The quantitative estimate of drug-likeness (QED) is 0.912. The number of hydrogen-bond donors (Lipinski definition) is 2. The van der Waals surface area contributed by atoms with Crippen molar-refractivity contribution in [1.82, 2.24) is 10.3 Å². The Morgan fingerprint density at radius 2 is 2.21 bits per heavy atom. The SMILES string of the molecule is Nc1c(C(=O)NCCC(F)(F)F)sc2cccnc12. The molecule has 0 saturated heterocycles. The second-order valence-corrected chi connectivity index (χ2v) is 4.87. The van der Waals surface area contributed by atoms with E-state index < -0.39 is 25.0 Å². The number of alkyl halides is 3. The number of carbonyl (C=O) groups excluding carboxylic acids is 1. The Morgan fingerprint density at radius 3 is 2.84 bits per heavy atom. The zero-order valence-electron chi connectivity index (χ0n) is 9.62. The molecule has 0 bridgehead atoms. The lowest BCUT2D eigenvalue weighted by molar-refractivity contribution is -0.132. The molecule has 0 aromatic carbocycles. The van der Waals surface area contributed by atoms with E-state index in [4.69, 9.17) is 5.73 Å². The zero-order valence-corrected chi connectivity index (χ0v) is 10.4. The van der Waals surface area contributed by atoms with Gasteiger partial charge >= 0.3 is 6.18 Å². The van der Waals surface area contributed by atoms with Crippen LogP contribution in [0.2, 0.25) is 0 Å². The van der Waals surface area contributed by atoms with Crippen LogP contribution in [-0.2, 0) is 0 Å². The Morgan fingerprint density at radius 1 is 1.47 bits per heavy atom. The number of rotatable bonds is 3. The summed E-state index contributed by atoms with van der Waals surface area (Å²) in [6, 6.07) is 3.44. The minimum atomic E-state index is -4.29. The van der Waals surface area contributed by atoms with Crippen LogP contribution in [0.3, 0.4) is 0 Å². The van der Waals surface area contributed by atoms with E-state index in [0.717, 1.165) is 16.0 Å². The molecule has 3 N–H and O–H groups in total. The molecule has 2 aromatic rings. The van der Waals surface area contributed by atoms with Crippen LogP contribution in [0.5, 0.6) is 0 Å². The van der Waals surface area contributed by atoms with Gasteiger partial charge in [-0.2, -0.15) is 13.2 Å². The van der Waals surface area contributed by atoms with Gasteiger partial charge in [-0.15, -0.1) is 11.3 Å². The van der Waals surface area contributed by atoms with Crippen LogP contribution in [0.1, 0.15) is 16.1 Å². The molecule has 102 valence electrons. The van der Waals surface area contributed by atoms with Crippen molar-refractivity contribution in [2.24, 2.45) is 0 Å². The summed E-state index contributed by atoms with van der Waals surface area (Å²) in [7, 11) is 0. The van der Waals surface area contributed by atoms with E-state index >= 15 is 0 Å². The average Bonchev–Trinajstić information content (AvgIpc) is 2.66. The lowest BCUT2D eigenvalue weighted by Crippen LogP contribution is -2.27. The smallest absolute Gasteiger partial charge is 0.390 e. The lowest BCUT2D eigenvalue weighted by atomic mass is 10.3.